The highest BCUT2D eigenvalue weighted by molar-refractivity contribution is 5.74. The van der Waals surface area contributed by atoms with Crippen LogP contribution in [0.4, 0.5) is 30.7 Å². The molecule has 0 N–H and O–H groups in total. The molecule has 1 aromatic carbocycles. The summed E-state index contributed by atoms with van der Waals surface area (Å²) in [5, 5.41) is 0. The lowest BCUT2D eigenvalue weighted by molar-refractivity contribution is -0.167. The van der Waals surface area contributed by atoms with Crippen molar-refractivity contribution in [3.63, 3.8) is 0 Å². The highest BCUT2D eigenvalue weighted by atomic mass is 19.4. The Labute approximate surface area is 100 Å². The van der Waals surface area contributed by atoms with E-state index in [1.807, 2.05) is 0 Å². The van der Waals surface area contributed by atoms with Crippen LogP contribution in [0.15, 0.2) is 18.2 Å². The second-order valence-electron chi connectivity index (χ2n) is 3.55. The van der Waals surface area contributed by atoms with Crippen LogP contribution in [0.2, 0.25) is 0 Å². The Hall–Kier alpha value is -1.93. The van der Waals surface area contributed by atoms with Gasteiger partial charge in [0.1, 0.15) is 5.82 Å². The molecule has 0 saturated carbocycles. The third kappa shape index (κ3) is 2.59. The van der Waals surface area contributed by atoms with Gasteiger partial charge in [-0.2, -0.15) is 26.3 Å². The van der Waals surface area contributed by atoms with E-state index in [4.69, 9.17) is 0 Å². The summed E-state index contributed by atoms with van der Waals surface area (Å²) in [4.78, 5) is 5.71. The lowest BCUT2D eigenvalue weighted by Gasteiger charge is -2.14. The van der Waals surface area contributed by atoms with E-state index < -0.39 is 40.6 Å². The van der Waals surface area contributed by atoms with Gasteiger partial charge in [0.2, 0.25) is 0 Å². The van der Waals surface area contributed by atoms with Crippen LogP contribution >= 0.6 is 0 Å². The van der Waals surface area contributed by atoms with E-state index in [0.29, 0.717) is 6.07 Å². The van der Waals surface area contributed by atoms with Gasteiger partial charge in [-0.25, -0.2) is 14.4 Å². The molecule has 2 rings (SSSR count). The first kappa shape index (κ1) is 13.5. The van der Waals surface area contributed by atoms with Crippen LogP contribution in [-0.4, -0.2) is 9.97 Å². The molecule has 0 bridgehead atoms. The van der Waals surface area contributed by atoms with Crippen molar-refractivity contribution >= 4 is 11.0 Å². The molecule has 0 saturated heterocycles. The zero-order chi connectivity index (χ0) is 14.4. The van der Waals surface area contributed by atoms with Crippen molar-refractivity contribution in [2.24, 2.45) is 0 Å². The van der Waals surface area contributed by atoms with Gasteiger partial charge in [-0.15, -0.1) is 0 Å². The molecule has 1 heterocycles. The Morgan fingerprint density at radius 2 is 1.21 bits per heavy atom. The summed E-state index contributed by atoms with van der Waals surface area (Å²) in [6, 6.07) is 2.19. The van der Waals surface area contributed by atoms with Crippen molar-refractivity contribution in [1.29, 1.82) is 0 Å². The fraction of sp³-hybridized carbons (Fsp3) is 0.200. The summed E-state index contributed by atoms with van der Waals surface area (Å²) in [6.07, 6.45) is -10.6. The summed E-state index contributed by atoms with van der Waals surface area (Å²) in [5.41, 5.74) is -5.39. The van der Waals surface area contributed by atoms with Crippen molar-refractivity contribution in [2.75, 3.05) is 0 Å². The van der Waals surface area contributed by atoms with Gasteiger partial charge in [0.25, 0.3) is 0 Å². The number of hydrogen-bond donors (Lipinski definition) is 0. The smallest absolute Gasteiger partial charge is 0.239 e. The van der Waals surface area contributed by atoms with Crippen molar-refractivity contribution in [3.8, 4) is 0 Å². The molecule has 0 unspecified atom stereocenters. The minimum absolute atomic E-state index is 0.471. The highest BCUT2D eigenvalue weighted by Crippen LogP contribution is 2.38. The fourth-order valence-corrected chi connectivity index (χ4v) is 1.42. The van der Waals surface area contributed by atoms with E-state index >= 15 is 0 Å². The van der Waals surface area contributed by atoms with Crippen molar-refractivity contribution in [2.45, 2.75) is 12.4 Å². The Morgan fingerprint density at radius 1 is 0.737 bits per heavy atom. The maximum atomic E-state index is 12.8. The fourth-order valence-electron chi connectivity index (χ4n) is 1.42. The molecule has 0 aliphatic carbocycles. The van der Waals surface area contributed by atoms with E-state index in [1.54, 1.807) is 0 Å². The van der Waals surface area contributed by atoms with E-state index in [2.05, 4.69) is 9.97 Å². The molecule has 102 valence electrons. The van der Waals surface area contributed by atoms with Gasteiger partial charge in [-0.3, -0.25) is 0 Å². The zero-order valence-corrected chi connectivity index (χ0v) is 8.77. The molecule has 2 aromatic rings. The van der Waals surface area contributed by atoms with Crippen LogP contribution < -0.4 is 0 Å². The first-order chi connectivity index (χ1) is 8.59. The Morgan fingerprint density at radius 3 is 1.68 bits per heavy atom. The second kappa shape index (κ2) is 4.04. The zero-order valence-electron chi connectivity index (χ0n) is 8.77. The van der Waals surface area contributed by atoms with E-state index in [-0.39, 0.29) is 0 Å². The number of benzene rings is 1. The monoisotopic (exact) mass is 284 g/mol. The Balaban J connectivity index is 2.82. The van der Waals surface area contributed by atoms with Crippen molar-refractivity contribution in [1.82, 2.24) is 9.97 Å². The number of halogens is 7. The average Bonchev–Trinajstić information content (AvgIpc) is 2.24. The molecule has 0 aliphatic rings. The Bertz CT molecular complexity index is 630. The first-order valence-electron chi connectivity index (χ1n) is 4.71. The third-order valence-corrected chi connectivity index (χ3v) is 2.16. The summed E-state index contributed by atoms with van der Waals surface area (Å²) in [5.74, 6) is -0.922. The Kier molecular flexibility index (Phi) is 2.87. The van der Waals surface area contributed by atoms with Crippen LogP contribution in [-0.2, 0) is 12.4 Å². The summed E-state index contributed by atoms with van der Waals surface area (Å²) < 4.78 is 87.9. The maximum Gasteiger partial charge on any atom is 0.435 e. The third-order valence-electron chi connectivity index (χ3n) is 2.16. The van der Waals surface area contributed by atoms with E-state index in [9.17, 15) is 30.7 Å². The lowest BCUT2D eigenvalue weighted by atomic mass is 10.2. The number of nitrogens with zero attached hydrogens (tertiary/aromatic N) is 2. The van der Waals surface area contributed by atoms with Gasteiger partial charge in [-0.1, -0.05) is 0 Å². The molecule has 0 aliphatic heterocycles. The summed E-state index contributed by atoms with van der Waals surface area (Å²) in [6.45, 7) is 0. The minimum atomic E-state index is -5.33. The first-order valence-corrected chi connectivity index (χ1v) is 4.71. The second-order valence-corrected chi connectivity index (χ2v) is 3.55. The van der Waals surface area contributed by atoms with Crippen LogP contribution in [0.3, 0.4) is 0 Å². The summed E-state index contributed by atoms with van der Waals surface area (Å²) in [7, 11) is 0. The molecule has 0 radical (unpaired) electrons. The van der Waals surface area contributed by atoms with Crippen molar-refractivity contribution in [3.05, 3.63) is 35.4 Å². The maximum absolute atomic E-state index is 12.8. The number of aromatic nitrogens is 2. The molecular formula is C10H3F7N2. The molecular weight excluding hydrogens is 281 g/mol. The standard InChI is InChI=1S/C10H3F7N2/c11-4-1-2-5-6(3-4)19-8(10(15,16)17)7(18-5)9(12,13)14/h1-3H. The molecule has 19 heavy (non-hydrogen) atoms. The number of rotatable bonds is 0. The van der Waals surface area contributed by atoms with Gasteiger partial charge < -0.3 is 0 Å². The predicted octanol–water partition coefficient (Wildman–Crippen LogP) is 3.81. The summed E-state index contributed by atoms with van der Waals surface area (Å²) >= 11 is 0. The van der Waals surface area contributed by atoms with Crippen LogP contribution in [0.25, 0.3) is 11.0 Å². The number of hydrogen-bond acceptors (Lipinski definition) is 2. The average molecular weight is 284 g/mol. The molecule has 1 aromatic heterocycles. The highest BCUT2D eigenvalue weighted by Gasteiger charge is 2.46. The topological polar surface area (TPSA) is 25.8 Å². The quantitative estimate of drug-likeness (QED) is 0.687. The SMILES string of the molecule is Fc1ccc2nc(C(F)(F)F)c(C(F)(F)F)nc2c1. The minimum Gasteiger partial charge on any atom is -0.239 e. The van der Waals surface area contributed by atoms with Gasteiger partial charge in [0, 0.05) is 6.07 Å². The lowest BCUT2D eigenvalue weighted by Crippen LogP contribution is -2.20. The molecule has 9 heteroatoms. The van der Waals surface area contributed by atoms with Crippen molar-refractivity contribution < 1.29 is 30.7 Å². The van der Waals surface area contributed by atoms with Crippen LogP contribution in [0.5, 0.6) is 0 Å². The van der Waals surface area contributed by atoms with Gasteiger partial charge >= 0.3 is 12.4 Å². The van der Waals surface area contributed by atoms with E-state index in [1.165, 1.54) is 0 Å². The van der Waals surface area contributed by atoms with Gasteiger partial charge in [-0.05, 0) is 12.1 Å². The molecule has 0 amide bonds. The number of fused-ring (bicyclic) bond motifs is 1. The molecule has 0 spiro atoms. The predicted molar refractivity (Wildman–Crippen MR) is 49.5 cm³/mol. The van der Waals surface area contributed by atoms with Gasteiger partial charge in [0.15, 0.2) is 11.4 Å². The number of alkyl halides is 6. The van der Waals surface area contributed by atoms with E-state index in [0.717, 1.165) is 12.1 Å². The van der Waals surface area contributed by atoms with Crippen LogP contribution in [0, 0.1) is 5.82 Å². The molecule has 0 fully saturated rings. The van der Waals surface area contributed by atoms with Gasteiger partial charge in [0.05, 0.1) is 11.0 Å². The largest absolute Gasteiger partial charge is 0.435 e. The normalized spacial score (nSPS) is 13.0. The molecule has 0 atom stereocenters. The molecule has 2 nitrogen and oxygen atoms in total. The van der Waals surface area contributed by atoms with Crippen LogP contribution in [0.1, 0.15) is 11.4 Å².